The first-order valence-electron chi connectivity index (χ1n) is 5.62. The van der Waals surface area contributed by atoms with Gasteiger partial charge >= 0.3 is 0 Å². The van der Waals surface area contributed by atoms with Crippen LogP contribution in [0.5, 0.6) is 0 Å². The normalized spacial score (nSPS) is 20.9. The van der Waals surface area contributed by atoms with Gasteiger partial charge in [-0.1, -0.05) is 0 Å². The Morgan fingerprint density at radius 3 is 2.94 bits per heavy atom. The first kappa shape index (κ1) is 11.1. The second-order valence-electron chi connectivity index (χ2n) is 4.42. The molecule has 0 spiro atoms. The Hall–Kier alpha value is -1.40. The van der Waals surface area contributed by atoms with Crippen LogP contribution in [0.15, 0.2) is 18.2 Å². The predicted molar refractivity (Wildman–Crippen MR) is 60.2 cm³/mol. The zero-order chi connectivity index (χ0) is 11.5. The highest BCUT2D eigenvalue weighted by atomic mass is 19.1. The zero-order valence-electron chi connectivity index (χ0n) is 9.41. The second-order valence-corrected chi connectivity index (χ2v) is 4.42. The maximum atomic E-state index is 13.2. The van der Waals surface area contributed by atoms with E-state index in [-0.39, 0.29) is 5.82 Å². The van der Waals surface area contributed by atoms with Gasteiger partial charge in [0, 0.05) is 12.6 Å². The molecule has 1 aliphatic rings. The van der Waals surface area contributed by atoms with Gasteiger partial charge in [-0.15, -0.1) is 0 Å². The van der Waals surface area contributed by atoms with Crippen molar-refractivity contribution in [2.75, 3.05) is 6.54 Å². The largest absolute Gasteiger partial charge is 0.296 e. The maximum Gasteiger partial charge on any atom is 0.124 e. The van der Waals surface area contributed by atoms with Gasteiger partial charge in [-0.25, -0.2) is 4.39 Å². The van der Waals surface area contributed by atoms with Crippen LogP contribution in [0.1, 0.15) is 30.9 Å². The number of nitriles is 1. The molecule has 0 bridgehead atoms. The van der Waals surface area contributed by atoms with E-state index in [2.05, 4.69) is 11.8 Å². The molecule has 0 aromatic heterocycles. The highest BCUT2D eigenvalue weighted by Gasteiger charge is 2.20. The summed E-state index contributed by atoms with van der Waals surface area (Å²) >= 11 is 0. The Morgan fingerprint density at radius 2 is 2.31 bits per heavy atom. The lowest BCUT2D eigenvalue weighted by Gasteiger charge is -2.20. The van der Waals surface area contributed by atoms with Gasteiger partial charge in [-0.05, 0) is 50.1 Å². The van der Waals surface area contributed by atoms with Gasteiger partial charge in [0.25, 0.3) is 0 Å². The number of nitrogens with zero attached hydrogens (tertiary/aromatic N) is 2. The van der Waals surface area contributed by atoms with E-state index in [1.165, 1.54) is 25.0 Å². The third kappa shape index (κ3) is 2.40. The van der Waals surface area contributed by atoms with Crippen LogP contribution in [-0.4, -0.2) is 17.5 Å². The van der Waals surface area contributed by atoms with Crippen molar-refractivity contribution in [1.82, 2.24) is 4.90 Å². The van der Waals surface area contributed by atoms with E-state index in [0.29, 0.717) is 11.6 Å². The highest BCUT2D eigenvalue weighted by molar-refractivity contribution is 5.33. The SMILES string of the molecule is CC1CCCN1Cc1cc(F)cc(C#N)c1. The lowest BCUT2D eigenvalue weighted by atomic mass is 10.1. The number of halogens is 1. The van der Waals surface area contributed by atoms with Crippen molar-refractivity contribution in [3.05, 3.63) is 35.1 Å². The molecule has 16 heavy (non-hydrogen) atoms. The Morgan fingerprint density at radius 1 is 1.50 bits per heavy atom. The minimum absolute atomic E-state index is 0.319. The summed E-state index contributed by atoms with van der Waals surface area (Å²) in [5.41, 5.74) is 1.30. The summed E-state index contributed by atoms with van der Waals surface area (Å²) in [4.78, 5) is 2.33. The van der Waals surface area contributed by atoms with Crippen LogP contribution in [0.25, 0.3) is 0 Å². The number of benzene rings is 1. The van der Waals surface area contributed by atoms with Gasteiger partial charge in [0.2, 0.25) is 0 Å². The highest BCUT2D eigenvalue weighted by Crippen LogP contribution is 2.20. The molecule has 0 radical (unpaired) electrons. The van der Waals surface area contributed by atoms with Crippen molar-refractivity contribution in [2.24, 2.45) is 0 Å². The van der Waals surface area contributed by atoms with Crippen molar-refractivity contribution >= 4 is 0 Å². The lowest BCUT2D eigenvalue weighted by Crippen LogP contribution is -2.26. The van der Waals surface area contributed by atoms with E-state index < -0.39 is 0 Å². The summed E-state index contributed by atoms with van der Waals surface area (Å²) in [5.74, 6) is -0.319. The third-order valence-electron chi connectivity index (χ3n) is 3.16. The number of hydrogen-bond donors (Lipinski definition) is 0. The molecule has 0 aliphatic carbocycles. The minimum atomic E-state index is -0.319. The molecule has 1 fully saturated rings. The van der Waals surface area contributed by atoms with E-state index in [9.17, 15) is 4.39 Å². The van der Waals surface area contributed by atoms with E-state index in [1.807, 2.05) is 6.07 Å². The molecule has 3 heteroatoms. The Balaban J connectivity index is 2.15. The average Bonchev–Trinajstić information content (AvgIpc) is 2.63. The Bertz CT molecular complexity index is 422. The summed E-state index contributed by atoms with van der Waals surface area (Å²) in [6.07, 6.45) is 2.42. The summed E-state index contributed by atoms with van der Waals surface area (Å²) in [7, 11) is 0. The summed E-state index contributed by atoms with van der Waals surface area (Å²) in [5, 5.41) is 8.77. The van der Waals surface area contributed by atoms with Gasteiger partial charge in [0.1, 0.15) is 5.82 Å². The fourth-order valence-corrected chi connectivity index (χ4v) is 2.27. The molecule has 2 nitrogen and oxygen atoms in total. The van der Waals surface area contributed by atoms with Crippen molar-refractivity contribution in [2.45, 2.75) is 32.4 Å². The molecule has 1 aliphatic heterocycles. The van der Waals surface area contributed by atoms with Crippen molar-refractivity contribution in [3.8, 4) is 6.07 Å². The molecule has 1 heterocycles. The lowest BCUT2D eigenvalue weighted by molar-refractivity contribution is 0.260. The van der Waals surface area contributed by atoms with E-state index in [1.54, 1.807) is 6.07 Å². The monoisotopic (exact) mass is 218 g/mol. The van der Waals surface area contributed by atoms with E-state index >= 15 is 0 Å². The van der Waals surface area contributed by atoms with Crippen LogP contribution < -0.4 is 0 Å². The molecule has 1 aromatic rings. The van der Waals surface area contributed by atoms with Gasteiger partial charge < -0.3 is 0 Å². The van der Waals surface area contributed by atoms with Crippen molar-refractivity contribution in [1.29, 1.82) is 5.26 Å². The van der Waals surface area contributed by atoms with Crippen molar-refractivity contribution in [3.63, 3.8) is 0 Å². The molecule has 1 saturated heterocycles. The van der Waals surface area contributed by atoms with Crippen LogP contribution >= 0.6 is 0 Å². The fraction of sp³-hybridized carbons (Fsp3) is 0.462. The fourth-order valence-electron chi connectivity index (χ4n) is 2.27. The van der Waals surface area contributed by atoms with Crippen LogP contribution in [0.3, 0.4) is 0 Å². The van der Waals surface area contributed by atoms with E-state index in [4.69, 9.17) is 5.26 Å². The Kier molecular flexibility index (Phi) is 3.21. The van der Waals surface area contributed by atoms with Gasteiger partial charge in [0.15, 0.2) is 0 Å². The summed E-state index contributed by atoms with van der Waals surface area (Å²) in [6.45, 7) is 4.00. The van der Waals surface area contributed by atoms with Crippen molar-refractivity contribution < 1.29 is 4.39 Å². The number of rotatable bonds is 2. The molecular weight excluding hydrogens is 203 g/mol. The molecule has 1 unspecified atom stereocenters. The number of hydrogen-bond acceptors (Lipinski definition) is 2. The minimum Gasteiger partial charge on any atom is -0.296 e. The maximum absolute atomic E-state index is 13.2. The standard InChI is InChI=1S/C13H15FN2/c1-10-3-2-4-16(10)9-12-5-11(8-15)6-13(14)7-12/h5-7,10H,2-4,9H2,1H3. The van der Waals surface area contributed by atoms with Gasteiger partial charge in [-0.3, -0.25) is 4.90 Å². The molecule has 0 saturated carbocycles. The van der Waals surface area contributed by atoms with Gasteiger partial charge in [-0.2, -0.15) is 5.26 Å². The predicted octanol–water partition coefficient (Wildman–Crippen LogP) is 2.68. The Labute approximate surface area is 95.3 Å². The smallest absolute Gasteiger partial charge is 0.124 e. The van der Waals surface area contributed by atoms with Gasteiger partial charge in [0.05, 0.1) is 11.6 Å². The summed E-state index contributed by atoms with van der Waals surface area (Å²) in [6, 6.07) is 7.12. The molecule has 84 valence electrons. The summed E-state index contributed by atoms with van der Waals surface area (Å²) < 4.78 is 13.2. The zero-order valence-corrected chi connectivity index (χ0v) is 9.41. The molecule has 1 aromatic carbocycles. The van der Waals surface area contributed by atoms with Crippen LogP contribution in [0.4, 0.5) is 4.39 Å². The molecule has 0 N–H and O–H groups in total. The second kappa shape index (κ2) is 4.63. The molecular formula is C13H15FN2. The topological polar surface area (TPSA) is 27.0 Å². The molecule has 2 rings (SSSR count). The average molecular weight is 218 g/mol. The quantitative estimate of drug-likeness (QED) is 0.763. The van der Waals surface area contributed by atoms with E-state index in [0.717, 1.165) is 18.7 Å². The first-order chi connectivity index (χ1) is 7.69. The van der Waals surface area contributed by atoms with Crippen LogP contribution in [0, 0.1) is 17.1 Å². The molecule has 0 amide bonds. The molecule has 1 atom stereocenters. The number of likely N-dealkylation sites (tertiary alicyclic amines) is 1. The van der Waals surface area contributed by atoms with Crippen LogP contribution in [0.2, 0.25) is 0 Å². The first-order valence-corrected chi connectivity index (χ1v) is 5.62. The van der Waals surface area contributed by atoms with Crippen LogP contribution in [-0.2, 0) is 6.54 Å². The third-order valence-corrected chi connectivity index (χ3v) is 3.16.